The first-order chi connectivity index (χ1) is 9.67. The van der Waals surface area contributed by atoms with E-state index >= 15 is 0 Å². The molecule has 0 fully saturated rings. The van der Waals surface area contributed by atoms with Crippen LogP contribution in [0.4, 0.5) is 0 Å². The summed E-state index contributed by atoms with van der Waals surface area (Å²) in [5.74, 6) is 0.962. The van der Waals surface area contributed by atoms with E-state index in [9.17, 15) is 0 Å². The van der Waals surface area contributed by atoms with Crippen LogP contribution in [0.2, 0.25) is 0 Å². The summed E-state index contributed by atoms with van der Waals surface area (Å²) in [5.41, 5.74) is 1.12. The minimum Gasteiger partial charge on any atom is -0.356 e. The number of aromatic nitrogens is 1. The van der Waals surface area contributed by atoms with Crippen molar-refractivity contribution < 1.29 is 0 Å². The zero-order valence-corrected chi connectivity index (χ0v) is 13.7. The molecule has 0 unspecified atom stereocenters. The lowest BCUT2D eigenvalue weighted by Gasteiger charge is -2.21. The molecule has 112 valence electrons. The highest BCUT2D eigenvalue weighted by molar-refractivity contribution is 7.09. The smallest absolute Gasteiger partial charge is 0.193 e. The van der Waals surface area contributed by atoms with Crippen LogP contribution in [0.3, 0.4) is 0 Å². The van der Waals surface area contributed by atoms with Crippen LogP contribution in [0, 0.1) is 6.92 Å². The molecule has 0 aliphatic carbocycles. The van der Waals surface area contributed by atoms with E-state index in [0.29, 0.717) is 0 Å². The number of guanidine groups is 1. The molecule has 0 spiro atoms. The van der Waals surface area contributed by atoms with Gasteiger partial charge in [0.15, 0.2) is 5.96 Å². The van der Waals surface area contributed by atoms with Gasteiger partial charge in [-0.25, -0.2) is 4.98 Å². The van der Waals surface area contributed by atoms with Crippen LogP contribution in [0.15, 0.2) is 23.0 Å². The zero-order valence-electron chi connectivity index (χ0n) is 12.9. The average Bonchev–Trinajstić information content (AvgIpc) is 2.84. The molecule has 0 aromatic carbocycles. The molecule has 1 N–H and O–H groups in total. The number of aliphatic imine (C=N–C) groups is 1. The standard InChI is InChI=1S/C15H26N4S/c1-5-6-7-11-19(4)15(16-3)17-10-8-9-14-18-13(2)12-20-14/h5,12H,1,6-11H2,2-4H3,(H,16,17). The normalized spacial score (nSPS) is 11.4. The summed E-state index contributed by atoms with van der Waals surface area (Å²) in [6.07, 6.45) is 6.22. The molecule has 0 radical (unpaired) electrons. The fourth-order valence-electron chi connectivity index (χ4n) is 1.92. The van der Waals surface area contributed by atoms with Crippen molar-refractivity contribution in [2.75, 3.05) is 27.2 Å². The van der Waals surface area contributed by atoms with Gasteiger partial charge in [0.05, 0.1) is 5.01 Å². The molecule has 0 saturated heterocycles. The van der Waals surface area contributed by atoms with Crippen LogP contribution in [0.25, 0.3) is 0 Å². The molecule has 4 nitrogen and oxygen atoms in total. The molecule has 1 aromatic rings. The van der Waals surface area contributed by atoms with Crippen molar-refractivity contribution >= 4 is 17.3 Å². The number of nitrogens with one attached hydrogen (secondary N) is 1. The van der Waals surface area contributed by atoms with Gasteiger partial charge in [-0.15, -0.1) is 17.9 Å². The van der Waals surface area contributed by atoms with E-state index in [0.717, 1.165) is 50.4 Å². The van der Waals surface area contributed by atoms with Crippen LogP contribution in [-0.2, 0) is 6.42 Å². The highest BCUT2D eigenvalue weighted by Crippen LogP contribution is 2.10. The number of rotatable bonds is 8. The second kappa shape index (κ2) is 9.53. The van der Waals surface area contributed by atoms with Crippen molar-refractivity contribution in [2.45, 2.75) is 32.6 Å². The monoisotopic (exact) mass is 294 g/mol. The number of allylic oxidation sites excluding steroid dienone is 1. The average molecular weight is 294 g/mol. The SMILES string of the molecule is C=CCCCN(C)C(=NC)NCCCc1nc(C)cs1. The van der Waals surface area contributed by atoms with Gasteiger partial charge in [-0.3, -0.25) is 4.99 Å². The number of thiazole rings is 1. The number of aryl methyl sites for hydroxylation is 2. The van der Waals surface area contributed by atoms with Crippen LogP contribution < -0.4 is 5.32 Å². The van der Waals surface area contributed by atoms with Gasteiger partial charge in [-0.2, -0.15) is 0 Å². The van der Waals surface area contributed by atoms with Crippen molar-refractivity contribution in [3.05, 3.63) is 28.7 Å². The van der Waals surface area contributed by atoms with Crippen LogP contribution >= 0.6 is 11.3 Å². The maximum atomic E-state index is 4.47. The van der Waals surface area contributed by atoms with Crippen molar-refractivity contribution in [1.82, 2.24) is 15.2 Å². The van der Waals surface area contributed by atoms with Crippen molar-refractivity contribution in [2.24, 2.45) is 4.99 Å². The summed E-state index contributed by atoms with van der Waals surface area (Å²) >= 11 is 1.75. The van der Waals surface area contributed by atoms with Gasteiger partial charge < -0.3 is 10.2 Å². The summed E-state index contributed by atoms with van der Waals surface area (Å²) in [4.78, 5) is 10.9. The Kier molecular flexibility index (Phi) is 7.95. The van der Waals surface area contributed by atoms with Gasteiger partial charge in [0, 0.05) is 44.7 Å². The minimum absolute atomic E-state index is 0.928. The summed E-state index contributed by atoms with van der Waals surface area (Å²) < 4.78 is 0. The highest BCUT2D eigenvalue weighted by Gasteiger charge is 2.04. The molecule has 0 saturated carbocycles. The lowest BCUT2D eigenvalue weighted by Crippen LogP contribution is -2.39. The van der Waals surface area contributed by atoms with Crippen molar-refractivity contribution in [3.8, 4) is 0 Å². The number of hydrogen-bond donors (Lipinski definition) is 1. The third-order valence-electron chi connectivity index (χ3n) is 2.99. The van der Waals surface area contributed by atoms with E-state index in [4.69, 9.17) is 0 Å². The largest absolute Gasteiger partial charge is 0.356 e. The summed E-state index contributed by atoms with van der Waals surface area (Å²) in [6.45, 7) is 7.71. The Morgan fingerprint density at radius 1 is 1.55 bits per heavy atom. The molecule has 1 aromatic heterocycles. The Morgan fingerprint density at radius 2 is 2.35 bits per heavy atom. The molecule has 0 bridgehead atoms. The maximum Gasteiger partial charge on any atom is 0.193 e. The molecule has 0 amide bonds. The summed E-state index contributed by atoms with van der Waals surface area (Å²) in [7, 11) is 3.90. The Morgan fingerprint density at radius 3 is 2.95 bits per heavy atom. The first kappa shape index (κ1) is 16.7. The Bertz CT molecular complexity index is 425. The van der Waals surface area contributed by atoms with E-state index in [1.807, 2.05) is 20.0 Å². The van der Waals surface area contributed by atoms with Crippen LogP contribution in [-0.4, -0.2) is 43.0 Å². The first-order valence-electron chi connectivity index (χ1n) is 7.11. The predicted octanol–water partition coefficient (Wildman–Crippen LogP) is 2.86. The van der Waals surface area contributed by atoms with E-state index in [1.54, 1.807) is 11.3 Å². The Balaban J connectivity index is 2.22. The second-order valence-electron chi connectivity index (χ2n) is 4.81. The Hall–Kier alpha value is -1.36. The first-order valence-corrected chi connectivity index (χ1v) is 7.99. The summed E-state index contributed by atoms with van der Waals surface area (Å²) in [6, 6.07) is 0. The van der Waals surface area contributed by atoms with Crippen molar-refractivity contribution in [1.29, 1.82) is 0 Å². The van der Waals surface area contributed by atoms with Crippen LogP contribution in [0.5, 0.6) is 0 Å². The molecular formula is C15H26N4S. The molecule has 20 heavy (non-hydrogen) atoms. The van der Waals surface area contributed by atoms with E-state index in [2.05, 4.69) is 39.2 Å². The molecule has 0 atom stereocenters. The van der Waals surface area contributed by atoms with E-state index in [-0.39, 0.29) is 0 Å². The van der Waals surface area contributed by atoms with Gasteiger partial charge in [0.25, 0.3) is 0 Å². The third kappa shape index (κ3) is 6.19. The second-order valence-corrected chi connectivity index (χ2v) is 5.76. The van der Waals surface area contributed by atoms with E-state index in [1.165, 1.54) is 5.01 Å². The molecule has 1 rings (SSSR count). The number of nitrogens with zero attached hydrogens (tertiary/aromatic N) is 3. The third-order valence-corrected chi connectivity index (χ3v) is 4.02. The predicted molar refractivity (Wildman–Crippen MR) is 88.6 cm³/mol. The molecule has 0 aliphatic heterocycles. The van der Waals surface area contributed by atoms with Crippen molar-refractivity contribution in [3.63, 3.8) is 0 Å². The van der Waals surface area contributed by atoms with Crippen LogP contribution in [0.1, 0.15) is 30.0 Å². The molecule has 1 heterocycles. The number of hydrogen-bond acceptors (Lipinski definition) is 3. The van der Waals surface area contributed by atoms with Gasteiger partial charge in [-0.1, -0.05) is 6.08 Å². The molecular weight excluding hydrogens is 268 g/mol. The Labute approximate surface area is 126 Å². The quantitative estimate of drug-likeness (QED) is 0.347. The molecule has 5 heteroatoms. The maximum absolute atomic E-state index is 4.47. The van der Waals surface area contributed by atoms with Gasteiger partial charge >= 0.3 is 0 Å². The minimum atomic E-state index is 0.928. The zero-order chi connectivity index (χ0) is 14.8. The fourth-order valence-corrected chi connectivity index (χ4v) is 2.74. The lowest BCUT2D eigenvalue weighted by molar-refractivity contribution is 0.469. The molecule has 0 aliphatic rings. The fraction of sp³-hybridized carbons (Fsp3) is 0.600. The van der Waals surface area contributed by atoms with Gasteiger partial charge in [-0.05, 0) is 26.2 Å². The topological polar surface area (TPSA) is 40.5 Å². The van der Waals surface area contributed by atoms with Gasteiger partial charge in [0.1, 0.15) is 0 Å². The number of unbranched alkanes of at least 4 members (excludes halogenated alkanes) is 1. The summed E-state index contributed by atoms with van der Waals surface area (Å²) in [5, 5.41) is 6.73. The lowest BCUT2D eigenvalue weighted by atomic mass is 10.3. The highest BCUT2D eigenvalue weighted by atomic mass is 32.1. The van der Waals surface area contributed by atoms with E-state index < -0.39 is 0 Å². The van der Waals surface area contributed by atoms with Gasteiger partial charge in [0.2, 0.25) is 0 Å².